The summed E-state index contributed by atoms with van der Waals surface area (Å²) in [6.07, 6.45) is 9.76. The molecule has 1 aromatic heterocycles. The van der Waals surface area contributed by atoms with Gasteiger partial charge in [-0.05, 0) is 41.5 Å². The van der Waals surface area contributed by atoms with Crippen LogP contribution in [-0.4, -0.2) is 23.9 Å². The van der Waals surface area contributed by atoms with E-state index in [4.69, 9.17) is 0 Å². The van der Waals surface area contributed by atoms with Gasteiger partial charge in [0.05, 0.1) is 8.45 Å². The Morgan fingerprint density at radius 3 is 2.05 bits per heavy atom. The highest BCUT2D eigenvalue weighted by Gasteiger charge is 2.16. The predicted octanol–water partition coefficient (Wildman–Crippen LogP) is 5.96. The molecule has 0 saturated heterocycles. The van der Waals surface area contributed by atoms with Crippen molar-refractivity contribution >= 4 is 39.8 Å². The summed E-state index contributed by atoms with van der Waals surface area (Å²) in [5.41, 5.74) is 0.871. The van der Waals surface area contributed by atoms with Crippen molar-refractivity contribution in [2.75, 3.05) is 13.1 Å². The molecule has 0 atom stereocenters. The molecule has 0 radical (unpaired) electrons. The quantitative estimate of drug-likeness (QED) is 0.319. The van der Waals surface area contributed by atoms with Crippen LogP contribution in [-0.2, 0) is 0 Å². The van der Waals surface area contributed by atoms with Crippen molar-refractivity contribution in [3.63, 3.8) is 0 Å². The summed E-state index contributed by atoms with van der Waals surface area (Å²) in [5, 5.41) is 2.00. The minimum absolute atomic E-state index is 0.224. The third-order valence-corrected chi connectivity index (χ3v) is 5.45. The van der Waals surface area contributed by atoms with Gasteiger partial charge in [0.1, 0.15) is 0 Å². The molecular formula is C17H28INOS. The lowest BCUT2D eigenvalue weighted by molar-refractivity contribution is 0.0750. The standard InChI is InChI=1S/C17H28INOS/c1-3-5-7-9-11-19(12-10-8-6-4-2)17(20)15-13-16(18)21-14-15/h13-14H,3-12H2,1-2H3. The SMILES string of the molecule is CCCCCCN(CCCCCC)C(=O)c1csc(I)c1. The molecule has 0 bridgehead atoms. The van der Waals surface area contributed by atoms with Crippen LogP contribution in [0.1, 0.15) is 75.6 Å². The number of amides is 1. The van der Waals surface area contributed by atoms with E-state index in [1.54, 1.807) is 11.3 Å². The van der Waals surface area contributed by atoms with Gasteiger partial charge in [0.15, 0.2) is 0 Å². The van der Waals surface area contributed by atoms with Gasteiger partial charge < -0.3 is 4.90 Å². The van der Waals surface area contributed by atoms with Gasteiger partial charge in [0.2, 0.25) is 0 Å². The fraction of sp³-hybridized carbons (Fsp3) is 0.706. The van der Waals surface area contributed by atoms with E-state index in [1.807, 2.05) is 11.4 Å². The number of carbonyl (C=O) groups excluding carboxylic acids is 1. The Kier molecular flexibility index (Phi) is 10.3. The average molecular weight is 421 g/mol. The summed E-state index contributed by atoms with van der Waals surface area (Å²) in [6, 6.07) is 2.01. The van der Waals surface area contributed by atoms with Crippen LogP contribution in [0, 0.1) is 2.88 Å². The number of nitrogens with zero attached hydrogens (tertiary/aromatic N) is 1. The second-order valence-electron chi connectivity index (χ2n) is 5.55. The number of hydrogen-bond acceptors (Lipinski definition) is 2. The van der Waals surface area contributed by atoms with Crippen LogP contribution < -0.4 is 0 Å². The van der Waals surface area contributed by atoms with Crippen molar-refractivity contribution in [1.29, 1.82) is 0 Å². The fourth-order valence-corrected chi connectivity index (χ4v) is 3.70. The van der Waals surface area contributed by atoms with E-state index >= 15 is 0 Å². The van der Waals surface area contributed by atoms with Crippen molar-refractivity contribution in [1.82, 2.24) is 4.90 Å². The number of thiophene rings is 1. The highest BCUT2D eigenvalue weighted by molar-refractivity contribution is 14.1. The van der Waals surface area contributed by atoms with Crippen LogP contribution in [0.3, 0.4) is 0 Å². The minimum Gasteiger partial charge on any atom is -0.339 e. The van der Waals surface area contributed by atoms with Gasteiger partial charge in [0, 0.05) is 18.5 Å². The highest BCUT2D eigenvalue weighted by Crippen LogP contribution is 2.19. The summed E-state index contributed by atoms with van der Waals surface area (Å²) in [4.78, 5) is 14.7. The van der Waals surface area contributed by atoms with Gasteiger partial charge in [-0.2, -0.15) is 0 Å². The molecule has 120 valence electrons. The number of halogens is 1. The van der Waals surface area contributed by atoms with Gasteiger partial charge in [0.25, 0.3) is 5.91 Å². The van der Waals surface area contributed by atoms with Gasteiger partial charge in [-0.1, -0.05) is 52.4 Å². The fourth-order valence-electron chi connectivity index (χ4n) is 2.38. The van der Waals surface area contributed by atoms with E-state index in [2.05, 4.69) is 41.3 Å². The van der Waals surface area contributed by atoms with Gasteiger partial charge in [-0.3, -0.25) is 4.79 Å². The Morgan fingerprint density at radius 2 is 1.62 bits per heavy atom. The van der Waals surface area contributed by atoms with Crippen LogP contribution in [0.5, 0.6) is 0 Å². The first kappa shape index (κ1) is 18.9. The summed E-state index contributed by atoms with van der Waals surface area (Å²) in [5.74, 6) is 0.224. The van der Waals surface area contributed by atoms with Crippen molar-refractivity contribution in [3.05, 3.63) is 19.9 Å². The third-order valence-electron chi connectivity index (χ3n) is 3.66. The largest absolute Gasteiger partial charge is 0.339 e. The molecule has 4 heteroatoms. The van der Waals surface area contributed by atoms with Gasteiger partial charge >= 0.3 is 0 Å². The molecule has 0 saturated carbocycles. The number of hydrogen-bond donors (Lipinski definition) is 0. The zero-order valence-corrected chi connectivity index (χ0v) is 16.3. The molecule has 0 spiro atoms. The van der Waals surface area contributed by atoms with E-state index < -0.39 is 0 Å². The maximum Gasteiger partial charge on any atom is 0.254 e. The van der Waals surface area contributed by atoms with Crippen molar-refractivity contribution in [3.8, 4) is 0 Å². The molecule has 0 aliphatic heterocycles. The minimum atomic E-state index is 0.224. The molecule has 2 nitrogen and oxygen atoms in total. The molecule has 0 unspecified atom stereocenters. The first-order valence-corrected chi connectivity index (χ1v) is 10.2. The Labute approximate surface area is 147 Å². The maximum absolute atomic E-state index is 12.6. The summed E-state index contributed by atoms with van der Waals surface area (Å²) < 4.78 is 1.19. The monoisotopic (exact) mass is 421 g/mol. The molecule has 0 fully saturated rings. The second-order valence-corrected chi connectivity index (χ2v) is 8.36. The molecule has 1 rings (SSSR count). The van der Waals surface area contributed by atoms with Crippen LogP contribution in [0.25, 0.3) is 0 Å². The van der Waals surface area contributed by atoms with E-state index in [0.717, 1.165) is 31.5 Å². The first-order valence-electron chi connectivity index (χ1n) is 8.22. The van der Waals surface area contributed by atoms with Crippen molar-refractivity contribution in [2.45, 2.75) is 65.2 Å². The summed E-state index contributed by atoms with van der Waals surface area (Å²) in [7, 11) is 0. The Balaban J connectivity index is 2.50. The van der Waals surface area contributed by atoms with E-state index in [1.165, 1.54) is 41.4 Å². The zero-order chi connectivity index (χ0) is 15.5. The topological polar surface area (TPSA) is 20.3 Å². The number of unbranched alkanes of at least 4 members (excludes halogenated alkanes) is 6. The predicted molar refractivity (Wildman–Crippen MR) is 101 cm³/mol. The van der Waals surface area contributed by atoms with Crippen LogP contribution in [0.15, 0.2) is 11.4 Å². The Hall–Kier alpha value is -0.100. The maximum atomic E-state index is 12.6. The zero-order valence-electron chi connectivity index (χ0n) is 13.4. The smallest absolute Gasteiger partial charge is 0.254 e. The van der Waals surface area contributed by atoms with Gasteiger partial charge in [-0.25, -0.2) is 0 Å². The van der Waals surface area contributed by atoms with Crippen LogP contribution >= 0.6 is 33.9 Å². The molecule has 0 aromatic carbocycles. The summed E-state index contributed by atoms with van der Waals surface area (Å²) >= 11 is 3.94. The third kappa shape index (κ3) is 7.63. The normalized spacial score (nSPS) is 10.8. The lowest BCUT2D eigenvalue weighted by Gasteiger charge is -2.22. The van der Waals surface area contributed by atoms with Crippen LogP contribution in [0.4, 0.5) is 0 Å². The van der Waals surface area contributed by atoms with Crippen LogP contribution in [0.2, 0.25) is 0 Å². The molecule has 1 aromatic rings. The first-order chi connectivity index (χ1) is 10.2. The second kappa shape index (κ2) is 11.5. The number of rotatable bonds is 11. The molecule has 0 aliphatic carbocycles. The lowest BCUT2D eigenvalue weighted by Crippen LogP contribution is -2.32. The summed E-state index contributed by atoms with van der Waals surface area (Å²) in [6.45, 7) is 6.27. The van der Waals surface area contributed by atoms with E-state index in [0.29, 0.717) is 0 Å². The molecule has 1 amide bonds. The van der Waals surface area contributed by atoms with E-state index in [9.17, 15) is 4.79 Å². The molecule has 1 heterocycles. The Morgan fingerprint density at radius 1 is 1.05 bits per heavy atom. The lowest BCUT2D eigenvalue weighted by atomic mass is 10.1. The van der Waals surface area contributed by atoms with Crippen molar-refractivity contribution in [2.24, 2.45) is 0 Å². The molecule has 21 heavy (non-hydrogen) atoms. The average Bonchev–Trinajstić information content (AvgIpc) is 2.91. The Bertz CT molecular complexity index is 393. The van der Waals surface area contributed by atoms with Crippen molar-refractivity contribution < 1.29 is 4.79 Å². The number of carbonyl (C=O) groups is 1. The molecule has 0 aliphatic rings. The van der Waals surface area contributed by atoms with E-state index in [-0.39, 0.29) is 5.91 Å². The molecule has 0 N–H and O–H groups in total. The molecular weight excluding hydrogens is 393 g/mol. The van der Waals surface area contributed by atoms with Gasteiger partial charge in [-0.15, -0.1) is 11.3 Å². The highest BCUT2D eigenvalue weighted by atomic mass is 127.